The Bertz CT molecular complexity index is 681. The SMILES string of the molecule is C[C@H]1CN(C(=O)COC(=O)C[C@@H]2Sc3ccccc3NC2=O)CCO1. The maximum Gasteiger partial charge on any atom is 0.307 e. The lowest BCUT2D eigenvalue weighted by atomic mass is 10.2. The maximum absolute atomic E-state index is 12.1. The molecule has 25 heavy (non-hydrogen) atoms. The van der Waals surface area contributed by atoms with Crippen LogP contribution in [-0.2, 0) is 23.9 Å². The molecule has 1 saturated heterocycles. The van der Waals surface area contributed by atoms with Crippen molar-refractivity contribution in [3.63, 3.8) is 0 Å². The fourth-order valence-corrected chi connectivity index (χ4v) is 3.81. The monoisotopic (exact) mass is 364 g/mol. The largest absolute Gasteiger partial charge is 0.456 e. The lowest BCUT2D eigenvalue weighted by Gasteiger charge is -2.31. The van der Waals surface area contributed by atoms with E-state index in [1.54, 1.807) is 4.90 Å². The number of benzene rings is 1. The summed E-state index contributed by atoms with van der Waals surface area (Å²) in [5, 5.41) is 2.23. The maximum atomic E-state index is 12.1. The van der Waals surface area contributed by atoms with E-state index in [0.717, 1.165) is 10.6 Å². The number of anilines is 1. The zero-order chi connectivity index (χ0) is 17.8. The number of nitrogens with one attached hydrogen (secondary N) is 1. The van der Waals surface area contributed by atoms with Crippen LogP contribution in [0.5, 0.6) is 0 Å². The average molecular weight is 364 g/mol. The van der Waals surface area contributed by atoms with Crippen LogP contribution in [0.25, 0.3) is 0 Å². The van der Waals surface area contributed by atoms with E-state index >= 15 is 0 Å². The highest BCUT2D eigenvalue weighted by Gasteiger charge is 2.30. The number of carbonyl (C=O) groups excluding carboxylic acids is 3. The second-order valence-electron chi connectivity index (χ2n) is 5.98. The van der Waals surface area contributed by atoms with Gasteiger partial charge in [0.05, 0.1) is 30.1 Å². The summed E-state index contributed by atoms with van der Waals surface area (Å²) in [6.07, 6.45) is -0.0896. The van der Waals surface area contributed by atoms with Crippen LogP contribution in [0.2, 0.25) is 0 Å². The van der Waals surface area contributed by atoms with Crippen LogP contribution in [0, 0.1) is 0 Å². The third-order valence-corrected chi connectivity index (χ3v) is 5.28. The van der Waals surface area contributed by atoms with Crippen molar-refractivity contribution in [1.29, 1.82) is 0 Å². The number of amides is 2. The van der Waals surface area contributed by atoms with Crippen molar-refractivity contribution in [2.45, 2.75) is 29.6 Å². The second kappa shape index (κ2) is 7.88. The Morgan fingerprint density at radius 2 is 2.20 bits per heavy atom. The Morgan fingerprint density at radius 3 is 3.00 bits per heavy atom. The number of carbonyl (C=O) groups is 3. The molecular formula is C17H20N2O5S. The fraction of sp³-hybridized carbons (Fsp3) is 0.471. The van der Waals surface area contributed by atoms with E-state index in [1.807, 2.05) is 31.2 Å². The minimum absolute atomic E-state index is 0.0178. The van der Waals surface area contributed by atoms with Crippen molar-refractivity contribution in [2.75, 3.05) is 31.6 Å². The smallest absolute Gasteiger partial charge is 0.307 e. The van der Waals surface area contributed by atoms with Gasteiger partial charge in [0, 0.05) is 18.0 Å². The molecule has 1 fully saturated rings. The van der Waals surface area contributed by atoms with Crippen LogP contribution in [0.15, 0.2) is 29.2 Å². The summed E-state index contributed by atoms with van der Waals surface area (Å²) in [6, 6.07) is 7.42. The molecule has 2 amide bonds. The number of hydrogen-bond acceptors (Lipinski definition) is 6. The molecule has 134 valence electrons. The first-order valence-electron chi connectivity index (χ1n) is 8.14. The molecule has 8 heteroatoms. The van der Waals surface area contributed by atoms with Gasteiger partial charge in [-0.3, -0.25) is 14.4 Å². The van der Waals surface area contributed by atoms with Crippen LogP contribution in [0.4, 0.5) is 5.69 Å². The number of rotatable bonds is 4. The number of esters is 1. The van der Waals surface area contributed by atoms with Gasteiger partial charge in [0.1, 0.15) is 0 Å². The minimum Gasteiger partial charge on any atom is -0.456 e. The molecule has 1 aromatic rings. The Labute approximate surface area is 150 Å². The normalized spacial score (nSPS) is 22.8. The summed E-state index contributed by atoms with van der Waals surface area (Å²) in [5.74, 6) is -1.02. The zero-order valence-corrected chi connectivity index (χ0v) is 14.7. The van der Waals surface area contributed by atoms with E-state index in [-0.39, 0.29) is 30.9 Å². The van der Waals surface area contributed by atoms with E-state index in [1.165, 1.54) is 11.8 Å². The molecule has 0 aromatic heterocycles. The fourth-order valence-electron chi connectivity index (χ4n) is 2.72. The van der Waals surface area contributed by atoms with Crippen LogP contribution in [0.3, 0.4) is 0 Å². The van der Waals surface area contributed by atoms with Crippen molar-refractivity contribution in [3.05, 3.63) is 24.3 Å². The van der Waals surface area contributed by atoms with E-state index < -0.39 is 11.2 Å². The molecule has 0 radical (unpaired) electrons. The highest BCUT2D eigenvalue weighted by molar-refractivity contribution is 8.01. The molecule has 1 aromatic carbocycles. The number of thioether (sulfide) groups is 1. The molecule has 0 unspecified atom stereocenters. The summed E-state index contributed by atoms with van der Waals surface area (Å²) in [4.78, 5) is 38.7. The second-order valence-corrected chi connectivity index (χ2v) is 7.22. The van der Waals surface area contributed by atoms with E-state index in [4.69, 9.17) is 9.47 Å². The standard InChI is InChI=1S/C17H20N2O5S/c1-11-9-19(6-7-23-11)15(20)10-24-16(21)8-14-17(22)18-12-4-2-3-5-13(12)25-14/h2-5,11,14H,6-10H2,1H3,(H,18,22)/t11-,14-/m0/s1. The van der Waals surface area contributed by atoms with Crippen molar-refractivity contribution >= 4 is 35.2 Å². The minimum atomic E-state index is -0.555. The Morgan fingerprint density at radius 1 is 1.40 bits per heavy atom. The van der Waals surface area contributed by atoms with E-state index in [2.05, 4.69) is 5.32 Å². The predicted molar refractivity (Wildman–Crippen MR) is 92.3 cm³/mol. The van der Waals surface area contributed by atoms with Crippen LogP contribution < -0.4 is 5.32 Å². The molecular weight excluding hydrogens is 344 g/mol. The molecule has 0 aliphatic carbocycles. The summed E-state index contributed by atoms with van der Waals surface area (Å²) in [7, 11) is 0. The predicted octanol–water partition coefficient (Wildman–Crippen LogP) is 1.28. The van der Waals surface area contributed by atoms with E-state index in [0.29, 0.717) is 19.7 Å². The molecule has 0 saturated carbocycles. The van der Waals surface area contributed by atoms with Gasteiger partial charge in [-0.05, 0) is 19.1 Å². The molecule has 7 nitrogen and oxygen atoms in total. The summed E-state index contributed by atoms with van der Waals surface area (Å²) >= 11 is 1.33. The molecule has 3 rings (SSSR count). The number of para-hydroxylation sites is 1. The number of ether oxygens (including phenoxy) is 2. The Hall–Kier alpha value is -2.06. The van der Waals surface area contributed by atoms with Gasteiger partial charge in [-0.15, -0.1) is 11.8 Å². The third-order valence-electron chi connectivity index (χ3n) is 4.01. The molecule has 2 aliphatic rings. The first-order chi connectivity index (χ1) is 12.0. The quantitative estimate of drug-likeness (QED) is 0.810. The van der Waals surface area contributed by atoms with Gasteiger partial charge in [0.2, 0.25) is 5.91 Å². The molecule has 0 bridgehead atoms. The molecule has 0 spiro atoms. The Balaban J connectivity index is 1.48. The zero-order valence-electron chi connectivity index (χ0n) is 13.9. The number of fused-ring (bicyclic) bond motifs is 1. The van der Waals surface area contributed by atoms with Crippen LogP contribution >= 0.6 is 11.8 Å². The Kier molecular flexibility index (Phi) is 5.60. The number of hydrogen-bond donors (Lipinski definition) is 1. The highest BCUT2D eigenvalue weighted by atomic mass is 32.2. The molecule has 2 heterocycles. The molecule has 2 aliphatic heterocycles. The lowest BCUT2D eigenvalue weighted by Crippen LogP contribution is -2.46. The first kappa shape index (κ1) is 17.8. The van der Waals surface area contributed by atoms with Gasteiger partial charge >= 0.3 is 5.97 Å². The van der Waals surface area contributed by atoms with Crippen molar-refractivity contribution < 1.29 is 23.9 Å². The summed E-state index contributed by atoms with van der Waals surface area (Å²) in [6.45, 7) is 3.06. The van der Waals surface area contributed by atoms with Gasteiger partial charge in [-0.25, -0.2) is 0 Å². The van der Waals surface area contributed by atoms with Gasteiger partial charge in [0.25, 0.3) is 5.91 Å². The van der Waals surface area contributed by atoms with Crippen molar-refractivity contribution in [3.8, 4) is 0 Å². The lowest BCUT2D eigenvalue weighted by molar-refractivity contribution is -0.155. The average Bonchev–Trinajstić information content (AvgIpc) is 2.60. The van der Waals surface area contributed by atoms with E-state index in [9.17, 15) is 14.4 Å². The molecule has 2 atom stereocenters. The van der Waals surface area contributed by atoms with Gasteiger partial charge in [-0.1, -0.05) is 12.1 Å². The first-order valence-corrected chi connectivity index (χ1v) is 9.02. The summed E-state index contributed by atoms with van der Waals surface area (Å²) < 4.78 is 10.4. The van der Waals surface area contributed by atoms with Crippen molar-refractivity contribution in [1.82, 2.24) is 4.90 Å². The van der Waals surface area contributed by atoms with Gasteiger partial charge in [0.15, 0.2) is 6.61 Å². The third kappa shape index (κ3) is 4.52. The van der Waals surface area contributed by atoms with Crippen LogP contribution in [-0.4, -0.2) is 60.3 Å². The molecule has 1 N–H and O–H groups in total. The van der Waals surface area contributed by atoms with Gasteiger partial charge < -0.3 is 19.7 Å². The number of nitrogens with zero attached hydrogens (tertiary/aromatic N) is 1. The highest BCUT2D eigenvalue weighted by Crippen LogP contribution is 2.36. The van der Waals surface area contributed by atoms with Crippen molar-refractivity contribution in [2.24, 2.45) is 0 Å². The van der Waals surface area contributed by atoms with Gasteiger partial charge in [-0.2, -0.15) is 0 Å². The number of morpholine rings is 1. The van der Waals surface area contributed by atoms with Crippen LogP contribution in [0.1, 0.15) is 13.3 Å². The summed E-state index contributed by atoms with van der Waals surface area (Å²) in [5.41, 5.74) is 0.749. The topological polar surface area (TPSA) is 84.9 Å².